The van der Waals surface area contributed by atoms with E-state index < -0.39 is 0 Å². The number of anilines is 1. The Kier molecular flexibility index (Phi) is 4.76. The fraction of sp³-hybridized carbons (Fsp3) is 0.0909. The zero-order valence-corrected chi connectivity index (χ0v) is 15.3. The van der Waals surface area contributed by atoms with Crippen LogP contribution in [-0.2, 0) is 6.54 Å². The van der Waals surface area contributed by atoms with Gasteiger partial charge >= 0.3 is 0 Å². The van der Waals surface area contributed by atoms with Gasteiger partial charge in [0, 0.05) is 41.7 Å². The minimum atomic E-state index is -0.360. The number of nitrogens with one attached hydrogen (secondary N) is 2. The highest BCUT2D eigenvalue weighted by molar-refractivity contribution is 6.02. The molecule has 0 aliphatic heterocycles. The molecule has 0 aliphatic carbocycles. The summed E-state index contributed by atoms with van der Waals surface area (Å²) in [4.78, 5) is 11.3. The lowest BCUT2D eigenvalue weighted by Crippen LogP contribution is -2.00. The first-order chi connectivity index (χ1) is 13.6. The number of aromatic amines is 1. The maximum Gasteiger partial charge on any atom is 0.198 e. The number of rotatable bonds is 5. The molecule has 4 rings (SSSR count). The van der Waals surface area contributed by atoms with E-state index in [0.29, 0.717) is 23.0 Å². The molecular formula is C22H19FN4O. The molecule has 0 aliphatic rings. The molecule has 28 heavy (non-hydrogen) atoms. The normalized spacial score (nSPS) is 11.4. The van der Waals surface area contributed by atoms with Crippen molar-refractivity contribution in [2.45, 2.75) is 13.5 Å². The second kappa shape index (κ2) is 7.52. The molecule has 4 aromatic rings. The summed E-state index contributed by atoms with van der Waals surface area (Å²) in [6.07, 6.45) is 5.09. The van der Waals surface area contributed by atoms with Gasteiger partial charge in [0.05, 0.1) is 11.3 Å². The minimum absolute atomic E-state index is 0.0308. The van der Waals surface area contributed by atoms with Crippen LogP contribution in [0.1, 0.15) is 16.7 Å². The van der Waals surface area contributed by atoms with E-state index in [1.165, 1.54) is 12.1 Å². The van der Waals surface area contributed by atoms with Gasteiger partial charge in [0.2, 0.25) is 0 Å². The monoisotopic (exact) mass is 374 g/mol. The highest BCUT2D eigenvalue weighted by Gasteiger charge is 2.09. The zero-order chi connectivity index (χ0) is 19.5. The number of aromatic hydroxyl groups is 1. The Hall–Kier alpha value is -3.67. The zero-order valence-electron chi connectivity index (χ0n) is 15.3. The second-order valence-corrected chi connectivity index (χ2v) is 6.54. The molecule has 6 heteroatoms. The lowest BCUT2D eigenvalue weighted by Gasteiger charge is -2.10. The van der Waals surface area contributed by atoms with Gasteiger partial charge in [-0.05, 0) is 66.6 Å². The topological polar surface area (TPSA) is 73.3 Å². The van der Waals surface area contributed by atoms with Crippen molar-refractivity contribution in [3.05, 3.63) is 83.4 Å². The van der Waals surface area contributed by atoms with Crippen molar-refractivity contribution >= 4 is 28.5 Å². The molecule has 5 nitrogen and oxygen atoms in total. The summed E-state index contributed by atoms with van der Waals surface area (Å²) in [5.41, 5.74) is 5.10. The first kappa shape index (κ1) is 17.7. The smallest absolute Gasteiger partial charge is 0.198 e. The first-order valence-corrected chi connectivity index (χ1v) is 8.88. The van der Waals surface area contributed by atoms with Crippen molar-refractivity contribution in [2.75, 3.05) is 5.32 Å². The van der Waals surface area contributed by atoms with Crippen molar-refractivity contribution in [1.29, 1.82) is 0 Å². The molecule has 0 radical (unpaired) electrons. The summed E-state index contributed by atoms with van der Waals surface area (Å²) in [5, 5.41) is 14.1. The van der Waals surface area contributed by atoms with Crippen LogP contribution >= 0.6 is 0 Å². The van der Waals surface area contributed by atoms with E-state index in [1.54, 1.807) is 24.7 Å². The Bertz CT molecular complexity index is 1150. The molecule has 0 atom stereocenters. The van der Waals surface area contributed by atoms with Crippen LogP contribution in [0.4, 0.5) is 15.8 Å². The van der Waals surface area contributed by atoms with E-state index >= 15 is 0 Å². The van der Waals surface area contributed by atoms with Crippen LogP contribution in [0, 0.1) is 12.7 Å². The van der Waals surface area contributed by atoms with Crippen LogP contribution < -0.4 is 5.32 Å². The molecule has 140 valence electrons. The highest BCUT2D eigenvalue weighted by Crippen LogP contribution is 2.28. The van der Waals surface area contributed by atoms with Crippen molar-refractivity contribution in [3.63, 3.8) is 0 Å². The second-order valence-electron chi connectivity index (χ2n) is 6.54. The lowest BCUT2D eigenvalue weighted by atomic mass is 10.1. The Morgan fingerprint density at radius 2 is 1.96 bits per heavy atom. The predicted molar refractivity (Wildman–Crippen MR) is 110 cm³/mol. The molecule has 0 amide bonds. The van der Waals surface area contributed by atoms with Gasteiger partial charge in [-0.25, -0.2) is 4.39 Å². The molecule has 2 heterocycles. The van der Waals surface area contributed by atoms with Gasteiger partial charge in [0.1, 0.15) is 5.82 Å². The molecule has 3 N–H and O–H groups in total. The number of H-pyrrole nitrogens is 1. The lowest BCUT2D eigenvalue weighted by molar-refractivity contribution is 0.457. The molecule has 0 bridgehead atoms. The number of hydrogen-bond acceptors (Lipinski definition) is 4. The molecule has 0 unspecified atom stereocenters. The molecule has 2 aromatic carbocycles. The van der Waals surface area contributed by atoms with E-state index in [0.717, 1.165) is 22.5 Å². The number of hydrogen-bond donors (Lipinski definition) is 3. The van der Waals surface area contributed by atoms with Crippen LogP contribution in [0.5, 0.6) is 5.88 Å². The molecular weight excluding hydrogens is 355 g/mol. The summed E-state index contributed by atoms with van der Waals surface area (Å²) in [5.74, 6) is -0.390. The van der Waals surface area contributed by atoms with Gasteiger partial charge in [0.15, 0.2) is 5.88 Å². The van der Waals surface area contributed by atoms with E-state index in [4.69, 9.17) is 0 Å². The average Bonchev–Trinajstić information content (AvgIpc) is 3.01. The summed E-state index contributed by atoms with van der Waals surface area (Å²) in [7, 11) is 0. The van der Waals surface area contributed by atoms with Crippen LogP contribution in [0.3, 0.4) is 0 Å². The number of pyridine rings is 1. The van der Waals surface area contributed by atoms with Crippen LogP contribution in [0.15, 0.2) is 65.9 Å². The van der Waals surface area contributed by atoms with E-state index in [1.807, 2.05) is 37.3 Å². The van der Waals surface area contributed by atoms with Gasteiger partial charge in [-0.15, -0.1) is 0 Å². The number of halogens is 1. The molecule has 0 spiro atoms. The highest BCUT2D eigenvalue weighted by atomic mass is 19.1. The van der Waals surface area contributed by atoms with E-state index in [9.17, 15) is 9.50 Å². The maximum atomic E-state index is 13.5. The third-order valence-electron chi connectivity index (χ3n) is 4.57. The van der Waals surface area contributed by atoms with Crippen LogP contribution in [0.2, 0.25) is 0 Å². The van der Waals surface area contributed by atoms with E-state index in [2.05, 4.69) is 20.3 Å². The first-order valence-electron chi connectivity index (χ1n) is 8.88. The van der Waals surface area contributed by atoms with Gasteiger partial charge in [-0.2, -0.15) is 0 Å². The SMILES string of the molecule is Cc1cc(N=Cc2c(O)[nH]c3ccc(F)cc23)ccc1NCc1ccncc1. The van der Waals surface area contributed by atoms with Gasteiger partial charge in [0.25, 0.3) is 0 Å². The van der Waals surface area contributed by atoms with Crippen LogP contribution in [0.25, 0.3) is 10.9 Å². The fourth-order valence-corrected chi connectivity index (χ4v) is 3.06. The van der Waals surface area contributed by atoms with Crippen molar-refractivity contribution in [2.24, 2.45) is 4.99 Å². The maximum absolute atomic E-state index is 13.5. The standard InChI is InChI=1S/C22H19FN4O/c1-14-10-17(3-5-20(14)26-12-15-6-8-24-9-7-15)25-13-19-18-11-16(23)2-4-21(18)27-22(19)28/h2-11,13,26-28H,12H2,1H3. The summed E-state index contributed by atoms with van der Waals surface area (Å²) < 4.78 is 13.5. The summed E-state index contributed by atoms with van der Waals surface area (Å²) in [6.45, 7) is 2.72. The Morgan fingerprint density at radius 3 is 2.75 bits per heavy atom. The van der Waals surface area contributed by atoms with Gasteiger partial charge < -0.3 is 15.4 Å². The Labute approximate surface area is 161 Å². The van der Waals surface area contributed by atoms with Crippen molar-refractivity contribution in [1.82, 2.24) is 9.97 Å². The van der Waals surface area contributed by atoms with Crippen LogP contribution in [-0.4, -0.2) is 21.3 Å². The summed E-state index contributed by atoms with van der Waals surface area (Å²) in [6, 6.07) is 14.1. The minimum Gasteiger partial charge on any atom is -0.494 e. The molecule has 0 fully saturated rings. The average molecular weight is 374 g/mol. The number of benzene rings is 2. The number of aromatic nitrogens is 2. The quantitative estimate of drug-likeness (QED) is 0.427. The number of nitrogens with zero attached hydrogens (tertiary/aromatic N) is 2. The number of fused-ring (bicyclic) bond motifs is 1. The molecule has 2 aromatic heterocycles. The summed E-state index contributed by atoms with van der Waals surface area (Å²) >= 11 is 0. The van der Waals surface area contributed by atoms with E-state index in [-0.39, 0.29) is 11.7 Å². The number of aliphatic imine (C=N–C) groups is 1. The fourth-order valence-electron chi connectivity index (χ4n) is 3.06. The molecule has 0 saturated heterocycles. The number of aryl methyl sites for hydroxylation is 1. The Balaban J connectivity index is 1.53. The van der Waals surface area contributed by atoms with Crippen molar-refractivity contribution < 1.29 is 9.50 Å². The third-order valence-corrected chi connectivity index (χ3v) is 4.57. The third kappa shape index (κ3) is 3.71. The largest absolute Gasteiger partial charge is 0.494 e. The predicted octanol–water partition coefficient (Wildman–Crippen LogP) is 5.08. The van der Waals surface area contributed by atoms with Gasteiger partial charge in [-0.3, -0.25) is 9.98 Å². The van der Waals surface area contributed by atoms with Crippen molar-refractivity contribution in [3.8, 4) is 5.88 Å². The molecule has 0 saturated carbocycles. The Morgan fingerprint density at radius 1 is 1.14 bits per heavy atom. The van der Waals surface area contributed by atoms with Gasteiger partial charge in [-0.1, -0.05) is 0 Å².